The first-order chi connectivity index (χ1) is 11.9. The second-order valence-corrected chi connectivity index (χ2v) is 7.97. The summed E-state index contributed by atoms with van der Waals surface area (Å²) in [7, 11) is -3.47. The third-order valence-corrected chi connectivity index (χ3v) is 5.83. The van der Waals surface area contributed by atoms with Gasteiger partial charge in [0, 0.05) is 19.2 Å². The molecule has 0 aliphatic carbocycles. The van der Waals surface area contributed by atoms with Gasteiger partial charge in [-0.3, -0.25) is 4.79 Å². The standard InChI is InChI=1S/C18H23NO5S/c1-15(20)14-24-18(21)11-8-16-6-9-17(10-7-16)25(22,23)19-12-4-2-3-5-13-19/h6-11H,2-5,12-14H2,1H3. The molecule has 7 heteroatoms. The third-order valence-electron chi connectivity index (χ3n) is 3.91. The molecule has 1 saturated heterocycles. The number of esters is 1. The lowest BCUT2D eigenvalue weighted by molar-refractivity contribution is -0.142. The van der Waals surface area contributed by atoms with Crippen LogP contribution in [-0.4, -0.2) is 44.2 Å². The molecule has 6 nitrogen and oxygen atoms in total. The highest BCUT2D eigenvalue weighted by Gasteiger charge is 2.24. The van der Waals surface area contributed by atoms with Gasteiger partial charge in [0.05, 0.1) is 4.90 Å². The summed E-state index contributed by atoms with van der Waals surface area (Å²) in [5.41, 5.74) is 0.676. The highest BCUT2D eigenvalue weighted by Crippen LogP contribution is 2.20. The van der Waals surface area contributed by atoms with E-state index in [9.17, 15) is 18.0 Å². The average molecular weight is 365 g/mol. The third kappa shape index (κ3) is 5.79. The molecule has 1 aromatic rings. The maximum Gasteiger partial charge on any atom is 0.331 e. The smallest absolute Gasteiger partial charge is 0.331 e. The topological polar surface area (TPSA) is 80.8 Å². The SMILES string of the molecule is CC(=O)COC(=O)C=Cc1ccc(S(=O)(=O)N2CCCCCC2)cc1. The van der Waals surface area contributed by atoms with Crippen LogP contribution in [0.25, 0.3) is 6.08 Å². The summed E-state index contributed by atoms with van der Waals surface area (Å²) >= 11 is 0. The highest BCUT2D eigenvalue weighted by atomic mass is 32.2. The van der Waals surface area contributed by atoms with Crippen molar-refractivity contribution in [3.8, 4) is 0 Å². The minimum Gasteiger partial charge on any atom is -0.455 e. The van der Waals surface area contributed by atoms with Crippen LogP contribution < -0.4 is 0 Å². The van der Waals surface area contributed by atoms with Crippen LogP contribution in [0, 0.1) is 0 Å². The van der Waals surface area contributed by atoms with Crippen molar-refractivity contribution < 1.29 is 22.7 Å². The molecule has 2 rings (SSSR count). The van der Waals surface area contributed by atoms with E-state index in [1.54, 1.807) is 28.6 Å². The fourth-order valence-electron chi connectivity index (χ4n) is 2.57. The van der Waals surface area contributed by atoms with Gasteiger partial charge in [0.1, 0.15) is 6.61 Å². The van der Waals surface area contributed by atoms with Crippen molar-refractivity contribution in [2.24, 2.45) is 0 Å². The summed E-state index contributed by atoms with van der Waals surface area (Å²) in [4.78, 5) is 22.4. The lowest BCUT2D eigenvalue weighted by Crippen LogP contribution is -2.31. The van der Waals surface area contributed by atoms with Gasteiger partial charge in [-0.15, -0.1) is 0 Å². The summed E-state index contributed by atoms with van der Waals surface area (Å²) in [5.74, 6) is -0.846. The first kappa shape index (κ1) is 19.3. The van der Waals surface area contributed by atoms with E-state index < -0.39 is 16.0 Å². The van der Waals surface area contributed by atoms with Crippen LogP contribution in [0.5, 0.6) is 0 Å². The lowest BCUT2D eigenvalue weighted by Gasteiger charge is -2.19. The molecule has 0 saturated carbocycles. The quantitative estimate of drug-likeness (QED) is 0.571. The number of ether oxygens (including phenoxy) is 1. The van der Waals surface area contributed by atoms with E-state index >= 15 is 0 Å². The molecule has 0 bridgehead atoms. The number of hydrogen-bond donors (Lipinski definition) is 0. The Bertz CT molecular complexity index is 729. The molecule has 0 N–H and O–H groups in total. The van der Waals surface area contributed by atoms with Gasteiger partial charge in [-0.2, -0.15) is 4.31 Å². The highest BCUT2D eigenvalue weighted by molar-refractivity contribution is 7.89. The van der Waals surface area contributed by atoms with Crippen molar-refractivity contribution in [1.82, 2.24) is 4.31 Å². The zero-order valence-corrected chi connectivity index (χ0v) is 15.1. The molecule has 0 radical (unpaired) electrons. The second-order valence-electron chi connectivity index (χ2n) is 6.03. The number of carbonyl (C=O) groups excluding carboxylic acids is 2. The van der Waals surface area contributed by atoms with Crippen LogP contribution in [0.2, 0.25) is 0 Å². The van der Waals surface area contributed by atoms with Crippen molar-refractivity contribution in [2.75, 3.05) is 19.7 Å². The molecule has 0 aromatic heterocycles. The zero-order valence-electron chi connectivity index (χ0n) is 14.3. The number of carbonyl (C=O) groups is 2. The largest absolute Gasteiger partial charge is 0.455 e. The fourth-order valence-corrected chi connectivity index (χ4v) is 4.08. The summed E-state index contributed by atoms with van der Waals surface area (Å²) < 4.78 is 31.6. The first-order valence-electron chi connectivity index (χ1n) is 8.34. The molecule has 1 aromatic carbocycles. The van der Waals surface area contributed by atoms with Crippen LogP contribution in [0.4, 0.5) is 0 Å². The molecule has 0 unspecified atom stereocenters. The monoisotopic (exact) mass is 365 g/mol. The molecule has 0 amide bonds. The molecule has 1 aliphatic heterocycles. The van der Waals surface area contributed by atoms with Gasteiger partial charge < -0.3 is 4.74 Å². The Morgan fingerprint density at radius 3 is 2.24 bits per heavy atom. The summed E-state index contributed by atoms with van der Waals surface area (Å²) in [6.07, 6.45) is 6.64. The number of hydrogen-bond acceptors (Lipinski definition) is 5. The molecular formula is C18H23NO5S. The maximum atomic E-state index is 12.7. The zero-order chi connectivity index (χ0) is 18.3. The molecule has 1 heterocycles. The minimum absolute atomic E-state index is 0.232. The Morgan fingerprint density at radius 2 is 1.68 bits per heavy atom. The number of ketones is 1. The van der Waals surface area contributed by atoms with Crippen LogP contribution in [0.3, 0.4) is 0 Å². The molecule has 0 atom stereocenters. The Hall–Kier alpha value is -1.99. The van der Waals surface area contributed by atoms with E-state index in [-0.39, 0.29) is 17.3 Å². The molecule has 136 valence electrons. The molecule has 25 heavy (non-hydrogen) atoms. The Kier molecular flexibility index (Phi) is 6.90. The summed E-state index contributed by atoms with van der Waals surface area (Å²) in [5, 5.41) is 0. The fraction of sp³-hybridized carbons (Fsp3) is 0.444. The number of sulfonamides is 1. The van der Waals surface area contributed by atoms with Crippen molar-refractivity contribution >= 4 is 27.9 Å². The van der Waals surface area contributed by atoms with Gasteiger partial charge in [-0.25, -0.2) is 13.2 Å². The second kappa shape index (κ2) is 8.92. The van der Waals surface area contributed by atoms with Gasteiger partial charge in [0.15, 0.2) is 5.78 Å². The number of nitrogens with zero attached hydrogens (tertiary/aromatic N) is 1. The van der Waals surface area contributed by atoms with E-state index in [4.69, 9.17) is 4.74 Å². The van der Waals surface area contributed by atoms with Crippen LogP contribution in [0.1, 0.15) is 38.2 Å². The Labute approximate surface area is 148 Å². The van der Waals surface area contributed by atoms with Crippen molar-refractivity contribution in [3.05, 3.63) is 35.9 Å². The van der Waals surface area contributed by atoms with E-state index in [1.165, 1.54) is 19.1 Å². The normalized spacial score (nSPS) is 16.5. The van der Waals surface area contributed by atoms with Gasteiger partial charge >= 0.3 is 5.97 Å². The van der Waals surface area contributed by atoms with E-state index in [2.05, 4.69) is 0 Å². The number of rotatable bonds is 6. The van der Waals surface area contributed by atoms with Crippen molar-refractivity contribution in [1.29, 1.82) is 0 Å². The van der Waals surface area contributed by atoms with Crippen molar-refractivity contribution in [2.45, 2.75) is 37.5 Å². The summed E-state index contributed by atoms with van der Waals surface area (Å²) in [6.45, 7) is 2.20. The van der Waals surface area contributed by atoms with Crippen molar-refractivity contribution in [3.63, 3.8) is 0 Å². The van der Waals surface area contributed by atoms with Gasteiger partial charge in [-0.05, 0) is 43.5 Å². The van der Waals surface area contributed by atoms with E-state index in [0.717, 1.165) is 25.7 Å². The predicted molar refractivity (Wildman–Crippen MR) is 94.3 cm³/mol. The van der Waals surface area contributed by atoms with E-state index in [0.29, 0.717) is 18.7 Å². The molecule has 0 spiro atoms. The van der Waals surface area contributed by atoms with Crippen LogP contribution in [-0.2, 0) is 24.3 Å². The molecule has 1 aliphatic rings. The predicted octanol–water partition coefficient (Wildman–Crippen LogP) is 2.40. The van der Waals surface area contributed by atoms with Gasteiger partial charge in [-0.1, -0.05) is 25.0 Å². The molecular weight excluding hydrogens is 342 g/mol. The van der Waals surface area contributed by atoms with E-state index in [1.807, 2.05) is 0 Å². The maximum absolute atomic E-state index is 12.7. The first-order valence-corrected chi connectivity index (χ1v) is 9.78. The Balaban J connectivity index is 2.03. The van der Waals surface area contributed by atoms with Gasteiger partial charge in [0.25, 0.3) is 0 Å². The van der Waals surface area contributed by atoms with Crippen LogP contribution in [0.15, 0.2) is 35.2 Å². The minimum atomic E-state index is -3.47. The van der Waals surface area contributed by atoms with Crippen LogP contribution >= 0.6 is 0 Å². The average Bonchev–Trinajstić information content (AvgIpc) is 2.88. The van der Waals surface area contributed by atoms with Gasteiger partial charge in [0.2, 0.25) is 10.0 Å². The number of Topliss-reactive ketones (excluding diaryl/α,β-unsaturated/α-hetero) is 1. The molecule has 1 fully saturated rings. The number of benzene rings is 1. The lowest BCUT2D eigenvalue weighted by atomic mass is 10.2. The Morgan fingerprint density at radius 1 is 1.08 bits per heavy atom. The summed E-state index contributed by atoms with van der Waals surface area (Å²) in [6, 6.07) is 6.36.